The summed E-state index contributed by atoms with van der Waals surface area (Å²) in [6, 6.07) is 1.72. The highest BCUT2D eigenvalue weighted by atomic mass is 16.5. The molecular formula is C13H25N5O. The third-order valence-electron chi connectivity index (χ3n) is 2.92. The summed E-state index contributed by atoms with van der Waals surface area (Å²) >= 11 is 0. The van der Waals surface area contributed by atoms with Crippen LogP contribution in [0.3, 0.4) is 0 Å². The Balaban J connectivity index is 2.58. The Kier molecular flexibility index (Phi) is 7.14. The van der Waals surface area contributed by atoms with Crippen molar-refractivity contribution in [3.8, 4) is 5.88 Å². The Bertz CT molecular complexity index is 368. The van der Waals surface area contributed by atoms with E-state index in [9.17, 15) is 0 Å². The number of rotatable bonds is 9. The van der Waals surface area contributed by atoms with Gasteiger partial charge >= 0.3 is 0 Å². The second-order valence-corrected chi connectivity index (χ2v) is 4.28. The summed E-state index contributed by atoms with van der Waals surface area (Å²) in [5.74, 6) is 7.34. The molecule has 3 N–H and O–H groups in total. The number of hydrazine groups is 1. The van der Waals surface area contributed by atoms with Crippen LogP contribution in [0, 0.1) is 0 Å². The number of nitrogens with zero attached hydrogens (tertiary/aromatic N) is 3. The SMILES string of the molecule is CCCc1nc(NN)cc(OCCN(CC)CC)n1. The van der Waals surface area contributed by atoms with Crippen molar-refractivity contribution >= 4 is 5.82 Å². The summed E-state index contributed by atoms with van der Waals surface area (Å²) in [5.41, 5.74) is 2.55. The van der Waals surface area contributed by atoms with Crippen LogP contribution in [0.4, 0.5) is 5.82 Å². The van der Waals surface area contributed by atoms with Crippen LogP contribution in [0.25, 0.3) is 0 Å². The van der Waals surface area contributed by atoms with Crippen LogP contribution >= 0.6 is 0 Å². The Morgan fingerprint density at radius 2 is 2.00 bits per heavy atom. The van der Waals surface area contributed by atoms with Crippen molar-refractivity contribution in [1.29, 1.82) is 0 Å². The summed E-state index contributed by atoms with van der Waals surface area (Å²) in [4.78, 5) is 11.0. The molecular weight excluding hydrogens is 242 g/mol. The summed E-state index contributed by atoms with van der Waals surface area (Å²) < 4.78 is 5.68. The first-order valence-corrected chi connectivity index (χ1v) is 6.93. The van der Waals surface area contributed by atoms with Gasteiger partial charge < -0.3 is 15.1 Å². The summed E-state index contributed by atoms with van der Waals surface area (Å²) in [7, 11) is 0. The van der Waals surface area contributed by atoms with Gasteiger partial charge in [-0.15, -0.1) is 0 Å². The predicted molar refractivity (Wildman–Crippen MR) is 77.1 cm³/mol. The number of likely N-dealkylation sites (N-methyl/N-ethyl adjacent to an activating group) is 1. The van der Waals surface area contributed by atoms with Crippen molar-refractivity contribution in [2.45, 2.75) is 33.6 Å². The zero-order valence-electron chi connectivity index (χ0n) is 12.1. The number of hydrogen-bond donors (Lipinski definition) is 2. The van der Waals surface area contributed by atoms with E-state index in [-0.39, 0.29) is 0 Å². The van der Waals surface area contributed by atoms with Gasteiger partial charge in [-0.3, -0.25) is 0 Å². The molecule has 6 nitrogen and oxygen atoms in total. The van der Waals surface area contributed by atoms with Crippen LogP contribution in [0.15, 0.2) is 6.07 Å². The normalized spacial score (nSPS) is 10.8. The Morgan fingerprint density at radius 3 is 2.58 bits per heavy atom. The third-order valence-corrected chi connectivity index (χ3v) is 2.92. The number of nitrogens with one attached hydrogen (secondary N) is 1. The van der Waals surface area contributed by atoms with E-state index in [0.29, 0.717) is 18.3 Å². The quantitative estimate of drug-likeness (QED) is 0.521. The van der Waals surface area contributed by atoms with E-state index < -0.39 is 0 Å². The molecule has 1 aromatic rings. The first-order chi connectivity index (χ1) is 9.23. The molecule has 0 aliphatic heterocycles. The van der Waals surface area contributed by atoms with Gasteiger partial charge in [-0.25, -0.2) is 10.8 Å². The lowest BCUT2D eigenvalue weighted by Crippen LogP contribution is -2.28. The molecule has 19 heavy (non-hydrogen) atoms. The van der Waals surface area contributed by atoms with E-state index in [1.807, 2.05) is 0 Å². The Morgan fingerprint density at radius 1 is 1.26 bits per heavy atom. The second-order valence-electron chi connectivity index (χ2n) is 4.28. The third kappa shape index (κ3) is 5.40. The zero-order chi connectivity index (χ0) is 14.1. The maximum atomic E-state index is 5.68. The van der Waals surface area contributed by atoms with Gasteiger partial charge in [0.2, 0.25) is 5.88 Å². The van der Waals surface area contributed by atoms with Gasteiger partial charge in [-0.05, 0) is 19.5 Å². The van der Waals surface area contributed by atoms with Gasteiger partial charge in [0.25, 0.3) is 0 Å². The van der Waals surface area contributed by atoms with Crippen molar-refractivity contribution < 1.29 is 4.74 Å². The van der Waals surface area contributed by atoms with E-state index in [2.05, 4.69) is 41.1 Å². The maximum absolute atomic E-state index is 5.68. The van der Waals surface area contributed by atoms with E-state index in [4.69, 9.17) is 10.6 Å². The van der Waals surface area contributed by atoms with Crippen molar-refractivity contribution in [3.63, 3.8) is 0 Å². The molecule has 0 spiro atoms. The molecule has 0 radical (unpaired) electrons. The van der Waals surface area contributed by atoms with Crippen molar-refractivity contribution in [3.05, 3.63) is 11.9 Å². The molecule has 0 saturated heterocycles. The highest BCUT2D eigenvalue weighted by Gasteiger charge is 2.05. The van der Waals surface area contributed by atoms with Gasteiger partial charge in [-0.2, -0.15) is 4.98 Å². The topological polar surface area (TPSA) is 76.3 Å². The van der Waals surface area contributed by atoms with E-state index in [1.165, 1.54) is 0 Å². The predicted octanol–water partition coefficient (Wildman–Crippen LogP) is 1.44. The molecule has 108 valence electrons. The molecule has 0 atom stereocenters. The van der Waals surface area contributed by atoms with Gasteiger partial charge in [0.05, 0.1) is 0 Å². The number of ether oxygens (including phenoxy) is 1. The number of anilines is 1. The Labute approximate surface area is 115 Å². The first kappa shape index (κ1) is 15.7. The summed E-state index contributed by atoms with van der Waals surface area (Å²) in [6.07, 6.45) is 1.81. The lowest BCUT2D eigenvalue weighted by atomic mass is 10.3. The number of hydrogen-bond acceptors (Lipinski definition) is 6. The van der Waals surface area contributed by atoms with Crippen molar-refractivity contribution in [2.75, 3.05) is 31.7 Å². The molecule has 0 unspecified atom stereocenters. The molecule has 0 amide bonds. The van der Waals surface area contributed by atoms with Crippen molar-refractivity contribution in [1.82, 2.24) is 14.9 Å². The monoisotopic (exact) mass is 267 g/mol. The molecule has 6 heteroatoms. The molecule has 0 fully saturated rings. The molecule has 0 saturated carbocycles. The van der Waals surface area contributed by atoms with Crippen LogP contribution in [0.1, 0.15) is 33.0 Å². The van der Waals surface area contributed by atoms with E-state index in [0.717, 1.165) is 38.3 Å². The van der Waals surface area contributed by atoms with Crippen LogP contribution in [0.5, 0.6) is 5.88 Å². The van der Waals surface area contributed by atoms with Gasteiger partial charge in [0.15, 0.2) is 0 Å². The highest BCUT2D eigenvalue weighted by molar-refractivity contribution is 5.36. The fraction of sp³-hybridized carbons (Fsp3) is 0.692. The first-order valence-electron chi connectivity index (χ1n) is 6.93. The van der Waals surface area contributed by atoms with E-state index in [1.54, 1.807) is 6.07 Å². The molecule has 0 aliphatic rings. The lowest BCUT2D eigenvalue weighted by molar-refractivity contribution is 0.217. The molecule has 1 heterocycles. The van der Waals surface area contributed by atoms with Gasteiger partial charge in [0.1, 0.15) is 18.2 Å². The van der Waals surface area contributed by atoms with Gasteiger partial charge in [-0.1, -0.05) is 20.8 Å². The molecule has 0 bridgehead atoms. The second kappa shape index (κ2) is 8.66. The van der Waals surface area contributed by atoms with Crippen LogP contribution in [0.2, 0.25) is 0 Å². The number of aromatic nitrogens is 2. The average Bonchev–Trinajstić information content (AvgIpc) is 2.43. The molecule has 1 rings (SSSR count). The van der Waals surface area contributed by atoms with Crippen molar-refractivity contribution in [2.24, 2.45) is 5.84 Å². The lowest BCUT2D eigenvalue weighted by Gasteiger charge is -2.18. The summed E-state index contributed by atoms with van der Waals surface area (Å²) in [6.45, 7) is 9.95. The number of nitrogen functional groups attached to an aromatic ring is 1. The zero-order valence-corrected chi connectivity index (χ0v) is 12.1. The van der Waals surface area contributed by atoms with Crippen LogP contribution in [-0.2, 0) is 6.42 Å². The Hall–Kier alpha value is -1.40. The minimum atomic E-state index is 0.582. The fourth-order valence-corrected chi connectivity index (χ4v) is 1.78. The standard InChI is InChI=1S/C13H25N5O/c1-4-7-11-15-12(17-14)10-13(16-11)19-9-8-18(5-2)6-3/h10H,4-9,14H2,1-3H3,(H,15,16,17). The fourth-order valence-electron chi connectivity index (χ4n) is 1.78. The molecule has 1 aromatic heterocycles. The minimum absolute atomic E-state index is 0.582. The maximum Gasteiger partial charge on any atom is 0.218 e. The average molecular weight is 267 g/mol. The highest BCUT2D eigenvalue weighted by Crippen LogP contribution is 2.13. The smallest absolute Gasteiger partial charge is 0.218 e. The van der Waals surface area contributed by atoms with Gasteiger partial charge in [0, 0.05) is 19.0 Å². The van der Waals surface area contributed by atoms with Crippen LogP contribution < -0.4 is 16.0 Å². The molecule has 0 aliphatic carbocycles. The van der Waals surface area contributed by atoms with E-state index >= 15 is 0 Å². The summed E-state index contributed by atoms with van der Waals surface area (Å²) in [5, 5.41) is 0. The largest absolute Gasteiger partial charge is 0.476 e. The molecule has 0 aromatic carbocycles. The van der Waals surface area contributed by atoms with Crippen LogP contribution in [-0.4, -0.2) is 41.1 Å². The number of aryl methyl sites for hydroxylation is 1. The number of nitrogens with two attached hydrogens (primary N) is 1. The minimum Gasteiger partial charge on any atom is -0.476 e.